The molecule has 0 aliphatic heterocycles. The SMILES string of the molecule is C=CCn1c(COc2ccc(C)cc2C)nnc1SCc1csc(-c2ccccc2)n1. The minimum Gasteiger partial charge on any atom is -0.485 e. The van der Waals surface area contributed by atoms with E-state index in [1.807, 2.05) is 34.9 Å². The molecule has 31 heavy (non-hydrogen) atoms. The Morgan fingerprint density at radius 2 is 1.97 bits per heavy atom. The smallest absolute Gasteiger partial charge is 0.191 e. The van der Waals surface area contributed by atoms with Gasteiger partial charge >= 0.3 is 0 Å². The summed E-state index contributed by atoms with van der Waals surface area (Å²) in [6, 6.07) is 16.4. The molecule has 0 aliphatic rings. The van der Waals surface area contributed by atoms with Gasteiger partial charge in [-0.2, -0.15) is 0 Å². The fourth-order valence-electron chi connectivity index (χ4n) is 3.17. The maximum absolute atomic E-state index is 6.02. The molecule has 4 rings (SSSR count). The highest BCUT2D eigenvalue weighted by Crippen LogP contribution is 2.28. The maximum atomic E-state index is 6.02. The van der Waals surface area contributed by atoms with Crippen molar-refractivity contribution in [1.29, 1.82) is 0 Å². The van der Waals surface area contributed by atoms with Gasteiger partial charge < -0.3 is 4.74 Å². The molecule has 158 valence electrons. The molecule has 2 aromatic carbocycles. The number of thioether (sulfide) groups is 1. The van der Waals surface area contributed by atoms with Gasteiger partial charge in [0.05, 0.1) is 5.69 Å². The van der Waals surface area contributed by atoms with Gasteiger partial charge in [0, 0.05) is 23.2 Å². The molecule has 2 heterocycles. The minimum absolute atomic E-state index is 0.361. The van der Waals surface area contributed by atoms with Gasteiger partial charge in [0.15, 0.2) is 11.0 Å². The van der Waals surface area contributed by atoms with E-state index in [0.717, 1.165) is 44.3 Å². The number of benzene rings is 2. The Balaban J connectivity index is 1.43. The lowest BCUT2D eigenvalue weighted by Gasteiger charge is -2.11. The van der Waals surface area contributed by atoms with Crippen molar-refractivity contribution in [3.05, 3.63) is 89.2 Å². The fraction of sp³-hybridized carbons (Fsp3) is 0.208. The van der Waals surface area contributed by atoms with Crippen molar-refractivity contribution in [1.82, 2.24) is 19.7 Å². The lowest BCUT2D eigenvalue weighted by atomic mass is 10.1. The van der Waals surface area contributed by atoms with Crippen LogP contribution in [0.25, 0.3) is 10.6 Å². The first-order chi connectivity index (χ1) is 15.1. The van der Waals surface area contributed by atoms with E-state index in [9.17, 15) is 0 Å². The van der Waals surface area contributed by atoms with Gasteiger partial charge in [-0.1, -0.05) is 65.9 Å². The van der Waals surface area contributed by atoms with E-state index >= 15 is 0 Å². The summed E-state index contributed by atoms with van der Waals surface area (Å²) in [5, 5.41) is 12.7. The third-order valence-electron chi connectivity index (χ3n) is 4.71. The number of rotatable bonds is 9. The Hall–Kier alpha value is -2.90. The van der Waals surface area contributed by atoms with Crippen molar-refractivity contribution in [2.24, 2.45) is 0 Å². The van der Waals surface area contributed by atoms with Crippen molar-refractivity contribution < 1.29 is 4.74 Å². The molecule has 2 aromatic heterocycles. The highest BCUT2D eigenvalue weighted by Gasteiger charge is 2.14. The second kappa shape index (κ2) is 9.94. The second-order valence-electron chi connectivity index (χ2n) is 7.15. The minimum atomic E-state index is 0.361. The van der Waals surface area contributed by atoms with Crippen LogP contribution in [0.4, 0.5) is 0 Å². The van der Waals surface area contributed by atoms with Crippen molar-refractivity contribution >= 4 is 23.1 Å². The largest absolute Gasteiger partial charge is 0.485 e. The number of allylic oxidation sites excluding steroid dienone is 1. The molecule has 0 radical (unpaired) electrons. The topological polar surface area (TPSA) is 52.8 Å². The van der Waals surface area contributed by atoms with Crippen LogP contribution < -0.4 is 4.74 Å². The van der Waals surface area contributed by atoms with Gasteiger partial charge in [0.25, 0.3) is 0 Å². The molecule has 0 amide bonds. The van der Waals surface area contributed by atoms with Crippen LogP contribution in [0, 0.1) is 13.8 Å². The predicted molar refractivity (Wildman–Crippen MR) is 128 cm³/mol. The zero-order valence-corrected chi connectivity index (χ0v) is 19.2. The molecule has 0 spiro atoms. The van der Waals surface area contributed by atoms with E-state index < -0.39 is 0 Å². The normalized spacial score (nSPS) is 10.9. The number of aromatic nitrogens is 4. The quantitative estimate of drug-likeness (QED) is 0.230. The standard InChI is InChI=1S/C24H24N4OS2/c1-4-12-28-22(14-29-21-11-10-17(2)13-18(21)3)26-27-24(28)31-16-20-15-30-23(25-20)19-8-6-5-7-9-19/h4-11,13,15H,1,12,14,16H2,2-3H3. The first-order valence-electron chi connectivity index (χ1n) is 9.99. The molecular weight excluding hydrogens is 424 g/mol. The Labute approximate surface area is 190 Å². The van der Waals surface area contributed by atoms with Crippen molar-refractivity contribution in [3.63, 3.8) is 0 Å². The molecule has 0 aliphatic carbocycles. The average molecular weight is 449 g/mol. The van der Waals surface area contributed by atoms with Crippen LogP contribution in [-0.2, 0) is 18.9 Å². The number of nitrogens with zero attached hydrogens (tertiary/aromatic N) is 4. The summed E-state index contributed by atoms with van der Waals surface area (Å²) in [7, 11) is 0. The number of hydrogen-bond donors (Lipinski definition) is 0. The van der Waals surface area contributed by atoms with Gasteiger partial charge in [0.2, 0.25) is 0 Å². The number of aryl methyl sites for hydroxylation is 2. The molecule has 0 fully saturated rings. The summed E-state index contributed by atoms with van der Waals surface area (Å²) in [5.74, 6) is 2.38. The first-order valence-corrected chi connectivity index (χ1v) is 11.9. The third-order valence-corrected chi connectivity index (χ3v) is 6.65. The summed E-state index contributed by atoms with van der Waals surface area (Å²) >= 11 is 3.29. The molecule has 4 aromatic rings. The molecule has 0 atom stereocenters. The Bertz CT molecular complexity index is 1170. The first kappa shape index (κ1) is 21.3. The zero-order chi connectivity index (χ0) is 21.6. The molecule has 7 heteroatoms. The van der Waals surface area contributed by atoms with Crippen LogP contribution in [0.5, 0.6) is 5.75 Å². The van der Waals surface area contributed by atoms with Gasteiger partial charge in [-0.15, -0.1) is 28.1 Å². The molecule has 0 bridgehead atoms. The molecule has 0 unspecified atom stereocenters. The number of ether oxygens (including phenoxy) is 1. The highest BCUT2D eigenvalue weighted by atomic mass is 32.2. The lowest BCUT2D eigenvalue weighted by Crippen LogP contribution is -2.08. The fourth-order valence-corrected chi connectivity index (χ4v) is 4.96. The van der Waals surface area contributed by atoms with Crippen molar-refractivity contribution in [3.8, 4) is 16.3 Å². The van der Waals surface area contributed by atoms with Crippen molar-refractivity contribution in [2.45, 2.75) is 37.9 Å². The van der Waals surface area contributed by atoms with E-state index in [4.69, 9.17) is 9.72 Å². The number of thiazole rings is 1. The van der Waals surface area contributed by atoms with Gasteiger partial charge in [-0.25, -0.2) is 4.98 Å². The van der Waals surface area contributed by atoms with E-state index in [0.29, 0.717) is 13.2 Å². The van der Waals surface area contributed by atoms with Gasteiger partial charge in [-0.05, 0) is 25.5 Å². The van der Waals surface area contributed by atoms with Crippen LogP contribution in [0.2, 0.25) is 0 Å². The van der Waals surface area contributed by atoms with E-state index in [2.05, 4.69) is 60.3 Å². The van der Waals surface area contributed by atoms with Crippen LogP contribution in [0.3, 0.4) is 0 Å². The van der Waals surface area contributed by atoms with E-state index in [1.54, 1.807) is 23.1 Å². The summed E-state index contributed by atoms with van der Waals surface area (Å²) in [4.78, 5) is 4.77. The monoisotopic (exact) mass is 448 g/mol. The average Bonchev–Trinajstić information content (AvgIpc) is 3.40. The van der Waals surface area contributed by atoms with E-state index in [1.165, 1.54) is 5.56 Å². The van der Waals surface area contributed by atoms with Gasteiger partial charge in [0.1, 0.15) is 17.4 Å². The Morgan fingerprint density at radius 3 is 2.74 bits per heavy atom. The summed E-state index contributed by atoms with van der Waals surface area (Å²) in [5.41, 5.74) is 4.51. The third kappa shape index (κ3) is 5.24. The van der Waals surface area contributed by atoms with Crippen LogP contribution in [0.15, 0.2) is 71.7 Å². The lowest BCUT2D eigenvalue weighted by molar-refractivity contribution is 0.287. The summed E-state index contributed by atoms with van der Waals surface area (Å²) in [6.07, 6.45) is 1.85. The number of hydrogen-bond acceptors (Lipinski definition) is 6. The highest BCUT2D eigenvalue weighted by molar-refractivity contribution is 7.98. The second-order valence-corrected chi connectivity index (χ2v) is 8.96. The molecule has 0 saturated heterocycles. The predicted octanol–water partition coefficient (Wildman–Crippen LogP) is 6.08. The summed E-state index contributed by atoms with van der Waals surface area (Å²) < 4.78 is 8.06. The van der Waals surface area contributed by atoms with Crippen molar-refractivity contribution in [2.75, 3.05) is 0 Å². The summed E-state index contributed by atoms with van der Waals surface area (Å²) in [6.45, 7) is 9.00. The molecule has 0 saturated carbocycles. The van der Waals surface area contributed by atoms with E-state index in [-0.39, 0.29) is 0 Å². The maximum Gasteiger partial charge on any atom is 0.191 e. The van der Waals surface area contributed by atoms with Crippen LogP contribution in [0.1, 0.15) is 22.6 Å². The van der Waals surface area contributed by atoms with Gasteiger partial charge in [-0.3, -0.25) is 4.57 Å². The zero-order valence-electron chi connectivity index (χ0n) is 17.6. The van der Waals surface area contributed by atoms with Crippen LogP contribution >= 0.6 is 23.1 Å². The van der Waals surface area contributed by atoms with Crippen LogP contribution in [-0.4, -0.2) is 19.7 Å². The Morgan fingerprint density at radius 1 is 1.13 bits per heavy atom. The molecular formula is C24H24N4OS2. The molecule has 0 N–H and O–H groups in total. The molecule has 5 nitrogen and oxygen atoms in total. The Kier molecular flexibility index (Phi) is 6.84.